The summed E-state index contributed by atoms with van der Waals surface area (Å²) in [6.45, 7) is 7.49. The number of carbonyl (C=O) groups excluding carboxylic acids is 3. The van der Waals surface area contributed by atoms with Crippen LogP contribution in [0.25, 0.3) is 0 Å². The molecule has 1 aliphatic carbocycles. The highest BCUT2D eigenvalue weighted by Gasteiger charge is 2.35. The normalized spacial score (nSPS) is 17.7. The molecule has 2 aliphatic heterocycles. The third-order valence-corrected chi connectivity index (χ3v) is 9.25. The van der Waals surface area contributed by atoms with Crippen LogP contribution < -0.4 is 10.2 Å². The Hall–Kier alpha value is -4.47. The lowest BCUT2D eigenvalue weighted by Crippen LogP contribution is -2.34. The van der Waals surface area contributed by atoms with E-state index in [1.807, 2.05) is 48.5 Å². The van der Waals surface area contributed by atoms with Gasteiger partial charge in [-0.25, -0.2) is 0 Å². The standard InChI is InChI=1S/C33H27N3O4S2/c1-3-35-26-13-7-9-15-28(26)42-29(35)19-24-30(37)23(31(24)38)18-20(2)41-27-14-8-6-12-25(27)34-16-17-36-32(39)21-10-4-5-11-22(21)33(36)40/h4-15,18-19,34,37H,2-3,16-17H2,1H3/b23-18+,29-19-. The van der Waals surface area contributed by atoms with Gasteiger partial charge in [-0.3, -0.25) is 19.3 Å². The third kappa shape index (κ3) is 4.95. The molecule has 0 fully saturated rings. The molecule has 3 aromatic rings. The van der Waals surface area contributed by atoms with Gasteiger partial charge in [-0.15, -0.1) is 0 Å². The van der Waals surface area contributed by atoms with E-state index in [9.17, 15) is 19.5 Å². The van der Waals surface area contributed by atoms with Crippen LogP contribution in [-0.2, 0) is 4.79 Å². The van der Waals surface area contributed by atoms with Gasteiger partial charge in [0, 0.05) is 40.0 Å². The van der Waals surface area contributed by atoms with Crippen molar-refractivity contribution < 1.29 is 19.5 Å². The molecule has 0 aromatic heterocycles. The number of aliphatic hydroxyl groups excluding tert-OH is 1. The monoisotopic (exact) mass is 593 g/mol. The smallest absolute Gasteiger partial charge is 0.261 e. The number of ketones is 1. The number of allylic oxidation sites excluding steroid dienone is 4. The summed E-state index contributed by atoms with van der Waals surface area (Å²) in [6, 6.07) is 22.5. The molecule has 0 saturated carbocycles. The third-order valence-electron chi connectivity index (χ3n) is 7.18. The van der Waals surface area contributed by atoms with Gasteiger partial charge in [0.05, 0.1) is 33.0 Å². The van der Waals surface area contributed by atoms with E-state index in [4.69, 9.17) is 0 Å². The number of carbonyl (C=O) groups is 3. The molecule has 210 valence electrons. The van der Waals surface area contributed by atoms with Gasteiger partial charge in [-0.05, 0) is 55.5 Å². The van der Waals surface area contributed by atoms with E-state index in [0.29, 0.717) is 28.1 Å². The van der Waals surface area contributed by atoms with Gasteiger partial charge in [0.25, 0.3) is 11.8 Å². The lowest BCUT2D eigenvalue weighted by molar-refractivity contribution is -0.113. The zero-order valence-electron chi connectivity index (χ0n) is 22.8. The van der Waals surface area contributed by atoms with E-state index in [2.05, 4.69) is 23.7 Å². The number of hydrogen-bond donors (Lipinski definition) is 2. The lowest BCUT2D eigenvalue weighted by Gasteiger charge is -2.22. The fourth-order valence-corrected chi connectivity index (χ4v) is 7.12. The van der Waals surface area contributed by atoms with Gasteiger partial charge >= 0.3 is 0 Å². The fourth-order valence-electron chi connectivity index (χ4n) is 5.10. The van der Waals surface area contributed by atoms with Crippen LogP contribution in [0.5, 0.6) is 0 Å². The highest BCUT2D eigenvalue weighted by molar-refractivity contribution is 8.03. The van der Waals surface area contributed by atoms with Gasteiger partial charge in [0.1, 0.15) is 5.76 Å². The summed E-state index contributed by atoms with van der Waals surface area (Å²) < 4.78 is 0. The van der Waals surface area contributed by atoms with Crippen LogP contribution in [0.2, 0.25) is 0 Å². The molecular formula is C33H27N3O4S2. The van der Waals surface area contributed by atoms with Crippen molar-refractivity contribution >= 4 is 52.5 Å². The predicted molar refractivity (Wildman–Crippen MR) is 168 cm³/mol. The van der Waals surface area contributed by atoms with Crippen molar-refractivity contribution in [2.24, 2.45) is 0 Å². The molecule has 0 radical (unpaired) electrons. The quantitative estimate of drug-likeness (QED) is 0.159. The number of amides is 2. The average molecular weight is 594 g/mol. The number of rotatable bonds is 9. The Bertz CT molecular complexity index is 1720. The van der Waals surface area contributed by atoms with Crippen molar-refractivity contribution in [3.8, 4) is 0 Å². The summed E-state index contributed by atoms with van der Waals surface area (Å²) in [5.41, 5.74) is 3.29. The molecule has 3 aliphatic rings. The summed E-state index contributed by atoms with van der Waals surface area (Å²) in [5.74, 6) is -0.825. The molecule has 0 bridgehead atoms. The molecule has 9 heteroatoms. The van der Waals surface area contributed by atoms with Crippen LogP contribution in [0.1, 0.15) is 27.6 Å². The Morgan fingerprint density at radius 1 is 0.952 bits per heavy atom. The SMILES string of the molecule is C=C(/C=C1/C(=O)C(/C=C2\Sc3ccccc3N2CC)=C1O)Sc1ccccc1NCCN1C(=O)c2ccccc2C1=O. The van der Waals surface area contributed by atoms with Crippen LogP contribution in [-0.4, -0.2) is 47.2 Å². The molecule has 42 heavy (non-hydrogen) atoms. The van der Waals surface area contributed by atoms with Crippen LogP contribution in [0.15, 0.2) is 128 Å². The number of thioether (sulfide) groups is 2. The van der Waals surface area contributed by atoms with Crippen molar-refractivity contribution in [1.29, 1.82) is 0 Å². The fraction of sp³-hybridized carbons (Fsp3) is 0.121. The Morgan fingerprint density at radius 3 is 2.33 bits per heavy atom. The van der Waals surface area contributed by atoms with Gasteiger partial charge in [0.2, 0.25) is 5.78 Å². The number of imide groups is 1. The average Bonchev–Trinajstić information content (AvgIpc) is 3.49. The molecule has 0 unspecified atom stereocenters. The number of nitrogens with one attached hydrogen (secondary N) is 1. The van der Waals surface area contributed by atoms with E-state index in [0.717, 1.165) is 32.7 Å². The number of hydrogen-bond acceptors (Lipinski definition) is 8. The van der Waals surface area contributed by atoms with E-state index in [-0.39, 0.29) is 35.5 Å². The van der Waals surface area contributed by atoms with E-state index < -0.39 is 0 Å². The molecule has 2 amide bonds. The molecule has 0 atom stereocenters. The van der Waals surface area contributed by atoms with E-state index in [1.54, 1.807) is 48.2 Å². The largest absolute Gasteiger partial charge is 0.506 e. The van der Waals surface area contributed by atoms with E-state index >= 15 is 0 Å². The van der Waals surface area contributed by atoms with Crippen molar-refractivity contribution in [2.75, 3.05) is 29.9 Å². The molecule has 3 aromatic carbocycles. The van der Waals surface area contributed by atoms with Crippen molar-refractivity contribution in [1.82, 2.24) is 4.90 Å². The Morgan fingerprint density at radius 2 is 1.62 bits per heavy atom. The lowest BCUT2D eigenvalue weighted by atomic mass is 9.87. The molecule has 7 nitrogen and oxygen atoms in total. The number of benzene rings is 3. The Balaban J connectivity index is 1.11. The summed E-state index contributed by atoms with van der Waals surface area (Å²) in [5, 5.41) is 15.0. The summed E-state index contributed by atoms with van der Waals surface area (Å²) in [4.78, 5) is 44.3. The summed E-state index contributed by atoms with van der Waals surface area (Å²) >= 11 is 2.94. The highest BCUT2D eigenvalue weighted by atomic mass is 32.2. The number of anilines is 2. The maximum Gasteiger partial charge on any atom is 0.261 e. The number of fused-ring (bicyclic) bond motifs is 2. The van der Waals surface area contributed by atoms with Gasteiger partial charge in [0.15, 0.2) is 0 Å². The first kappa shape index (κ1) is 27.7. The second kappa shape index (κ2) is 11.4. The second-order valence-corrected chi connectivity index (χ2v) is 12.0. The second-order valence-electron chi connectivity index (χ2n) is 9.74. The van der Waals surface area contributed by atoms with Crippen LogP contribution >= 0.6 is 23.5 Å². The molecular weight excluding hydrogens is 567 g/mol. The summed E-state index contributed by atoms with van der Waals surface area (Å²) in [7, 11) is 0. The highest BCUT2D eigenvalue weighted by Crippen LogP contribution is 2.47. The van der Waals surface area contributed by atoms with Crippen molar-refractivity contribution in [3.63, 3.8) is 0 Å². The van der Waals surface area contributed by atoms with Crippen LogP contribution in [0.4, 0.5) is 11.4 Å². The zero-order valence-corrected chi connectivity index (χ0v) is 24.4. The summed E-state index contributed by atoms with van der Waals surface area (Å²) in [6.07, 6.45) is 3.36. The molecule has 0 saturated heterocycles. The molecule has 0 spiro atoms. The van der Waals surface area contributed by atoms with Gasteiger partial charge in [-0.2, -0.15) is 0 Å². The topological polar surface area (TPSA) is 90.0 Å². The molecule has 6 rings (SSSR count). The maximum atomic E-state index is 13.0. The van der Waals surface area contributed by atoms with Gasteiger partial charge < -0.3 is 15.3 Å². The van der Waals surface area contributed by atoms with Crippen molar-refractivity contribution in [2.45, 2.75) is 16.7 Å². The van der Waals surface area contributed by atoms with Crippen LogP contribution in [0.3, 0.4) is 0 Å². The molecule has 2 heterocycles. The Kier molecular flexibility index (Phi) is 7.53. The molecule has 2 N–H and O–H groups in total. The van der Waals surface area contributed by atoms with E-state index in [1.165, 1.54) is 16.7 Å². The number of nitrogens with zero attached hydrogens (tertiary/aromatic N) is 2. The maximum absolute atomic E-state index is 13.0. The first-order valence-electron chi connectivity index (χ1n) is 13.5. The van der Waals surface area contributed by atoms with Gasteiger partial charge in [-0.1, -0.05) is 66.5 Å². The first-order chi connectivity index (χ1) is 20.4. The van der Waals surface area contributed by atoms with Crippen LogP contribution in [0, 0.1) is 0 Å². The number of para-hydroxylation sites is 2. The minimum Gasteiger partial charge on any atom is -0.506 e. The number of aliphatic hydroxyl groups is 1. The number of Topliss-reactive ketones (excluding diaryl/α,β-unsaturated/α-hetero) is 1. The first-order valence-corrected chi connectivity index (χ1v) is 15.1. The minimum atomic E-state index is -0.286. The Labute approximate surface area is 252 Å². The zero-order chi connectivity index (χ0) is 29.4. The van der Waals surface area contributed by atoms with Crippen molar-refractivity contribution in [3.05, 3.63) is 129 Å². The minimum absolute atomic E-state index is 0.0331. The predicted octanol–water partition coefficient (Wildman–Crippen LogP) is 6.80.